The minimum absolute atomic E-state index is 0.216. The van der Waals surface area contributed by atoms with E-state index in [1.54, 1.807) is 50.7 Å². The summed E-state index contributed by atoms with van der Waals surface area (Å²) in [6.07, 6.45) is 1.58. The Morgan fingerprint density at radius 2 is 1.84 bits per heavy atom. The molecule has 2 aromatic carbocycles. The number of carbonyl (C=O) groups excluding carboxylic acids is 1. The fraction of sp³-hybridized carbons (Fsp3) is 0.222. The van der Waals surface area contributed by atoms with E-state index in [-0.39, 0.29) is 12.7 Å². The van der Waals surface area contributed by atoms with Crippen molar-refractivity contribution >= 4 is 12.1 Å². The van der Waals surface area contributed by atoms with Gasteiger partial charge < -0.3 is 18.9 Å². The Labute approximate surface area is 145 Å². The van der Waals surface area contributed by atoms with E-state index in [9.17, 15) is 4.79 Å². The van der Waals surface area contributed by atoms with Gasteiger partial charge in [-0.3, -0.25) is 4.79 Å². The first-order valence-corrected chi connectivity index (χ1v) is 7.56. The summed E-state index contributed by atoms with van der Waals surface area (Å²) >= 11 is 0. The largest absolute Gasteiger partial charge is 0.493 e. The molecule has 3 rings (SSSR count). The summed E-state index contributed by atoms with van der Waals surface area (Å²) in [5, 5.41) is 5.44. The summed E-state index contributed by atoms with van der Waals surface area (Å²) in [5.41, 5.74) is 1.25. The number of benzene rings is 2. The Balaban J connectivity index is 1.74. The van der Waals surface area contributed by atoms with Crippen molar-refractivity contribution < 1.29 is 23.7 Å². The first-order valence-electron chi connectivity index (χ1n) is 7.56. The molecule has 7 nitrogen and oxygen atoms in total. The fourth-order valence-corrected chi connectivity index (χ4v) is 2.36. The third kappa shape index (κ3) is 3.50. The molecule has 0 bridgehead atoms. The highest BCUT2D eigenvalue weighted by Crippen LogP contribution is 2.32. The molecule has 0 fully saturated rings. The normalized spacial score (nSPS) is 12.3. The summed E-state index contributed by atoms with van der Waals surface area (Å²) in [5.74, 6) is 2.15. The zero-order valence-corrected chi connectivity index (χ0v) is 14.2. The first-order chi connectivity index (χ1) is 12.1. The van der Waals surface area contributed by atoms with Crippen LogP contribution in [0.15, 0.2) is 41.5 Å². The smallest absolute Gasteiger partial charge is 0.273 e. The minimum Gasteiger partial charge on any atom is -0.493 e. The maximum atomic E-state index is 12.5. The lowest BCUT2D eigenvalue weighted by molar-refractivity contribution is 0.0800. The lowest BCUT2D eigenvalue weighted by Gasteiger charge is -2.13. The van der Waals surface area contributed by atoms with Crippen molar-refractivity contribution in [2.75, 3.05) is 28.1 Å². The Bertz CT molecular complexity index is 819. The number of nitrogens with zero attached hydrogens (tertiary/aromatic N) is 2. The van der Waals surface area contributed by atoms with Gasteiger partial charge in [-0.2, -0.15) is 5.10 Å². The molecule has 0 aromatic heterocycles. The second-order valence-electron chi connectivity index (χ2n) is 5.26. The highest BCUT2D eigenvalue weighted by atomic mass is 16.7. The number of methoxy groups -OCH3 is 2. The van der Waals surface area contributed by atoms with Crippen molar-refractivity contribution in [3.05, 3.63) is 47.5 Å². The minimum atomic E-state index is -0.266. The Kier molecular flexibility index (Phi) is 4.74. The van der Waals surface area contributed by atoms with Crippen LogP contribution in [-0.4, -0.2) is 45.2 Å². The molecule has 7 heteroatoms. The highest BCUT2D eigenvalue weighted by molar-refractivity contribution is 5.95. The number of hydrazone groups is 1. The standard InChI is InChI=1S/C18H18N2O5/c1-20(18(21)13-5-7-14(22-2)16(9-13)23-3)19-10-12-4-6-15-17(8-12)25-11-24-15/h4-10H,11H2,1-3H3/b19-10+. The monoisotopic (exact) mass is 342 g/mol. The Hall–Kier alpha value is -3.22. The molecular weight excluding hydrogens is 324 g/mol. The maximum Gasteiger partial charge on any atom is 0.273 e. The number of amides is 1. The van der Waals surface area contributed by atoms with Crippen LogP contribution in [0.5, 0.6) is 23.0 Å². The van der Waals surface area contributed by atoms with Crippen molar-refractivity contribution in [3.8, 4) is 23.0 Å². The van der Waals surface area contributed by atoms with Crippen LogP contribution in [0.25, 0.3) is 0 Å². The fourth-order valence-electron chi connectivity index (χ4n) is 2.36. The zero-order chi connectivity index (χ0) is 17.8. The van der Waals surface area contributed by atoms with E-state index >= 15 is 0 Å². The molecule has 25 heavy (non-hydrogen) atoms. The van der Waals surface area contributed by atoms with Crippen molar-refractivity contribution in [1.82, 2.24) is 5.01 Å². The molecule has 0 aliphatic carbocycles. The second kappa shape index (κ2) is 7.12. The molecule has 0 spiro atoms. The van der Waals surface area contributed by atoms with Gasteiger partial charge in [-0.15, -0.1) is 0 Å². The van der Waals surface area contributed by atoms with E-state index in [1.165, 1.54) is 12.1 Å². The quantitative estimate of drug-likeness (QED) is 0.617. The molecule has 0 saturated carbocycles. The van der Waals surface area contributed by atoms with E-state index in [0.717, 1.165) is 5.56 Å². The van der Waals surface area contributed by atoms with Gasteiger partial charge in [0, 0.05) is 12.6 Å². The molecule has 0 atom stereocenters. The van der Waals surface area contributed by atoms with Gasteiger partial charge in [0.2, 0.25) is 6.79 Å². The summed E-state index contributed by atoms with van der Waals surface area (Å²) < 4.78 is 21.0. The highest BCUT2D eigenvalue weighted by Gasteiger charge is 2.15. The number of carbonyl (C=O) groups is 1. The van der Waals surface area contributed by atoms with Crippen LogP contribution in [0.1, 0.15) is 15.9 Å². The SMILES string of the molecule is COc1ccc(C(=O)N(C)/N=C/c2ccc3c(c2)OCO3)cc1OC. The summed E-state index contributed by atoms with van der Waals surface area (Å²) in [7, 11) is 4.65. The summed E-state index contributed by atoms with van der Waals surface area (Å²) in [6.45, 7) is 0.216. The van der Waals surface area contributed by atoms with E-state index in [1.807, 2.05) is 6.07 Å². The third-order valence-electron chi connectivity index (χ3n) is 3.70. The average molecular weight is 342 g/mol. The molecule has 1 aliphatic rings. The van der Waals surface area contributed by atoms with Crippen LogP contribution in [0, 0.1) is 0 Å². The first kappa shape index (κ1) is 16.6. The van der Waals surface area contributed by atoms with Gasteiger partial charge in [0.05, 0.1) is 20.4 Å². The topological polar surface area (TPSA) is 69.6 Å². The summed E-state index contributed by atoms with van der Waals surface area (Å²) in [6, 6.07) is 10.4. The predicted molar refractivity (Wildman–Crippen MR) is 91.8 cm³/mol. The van der Waals surface area contributed by atoms with E-state index in [2.05, 4.69) is 5.10 Å². The second-order valence-corrected chi connectivity index (χ2v) is 5.26. The molecular formula is C18H18N2O5. The van der Waals surface area contributed by atoms with Crippen LogP contribution in [0.4, 0.5) is 0 Å². The van der Waals surface area contributed by atoms with Gasteiger partial charge in [-0.1, -0.05) is 0 Å². The Morgan fingerprint density at radius 1 is 1.08 bits per heavy atom. The molecule has 0 radical (unpaired) electrons. The number of rotatable bonds is 5. The molecule has 1 heterocycles. The third-order valence-corrected chi connectivity index (χ3v) is 3.70. The molecule has 2 aromatic rings. The predicted octanol–water partition coefficient (Wildman–Crippen LogP) is 2.54. The van der Waals surface area contributed by atoms with Gasteiger partial charge in [0.15, 0.2) is 23.0 Å². The van der Waals surface area contributed by atoms with Crippen LogP contribution >= 0.6 is 0 Å². The van der Waals surface area contributed by atoms with Crippen LogP contribution in [0.2, 0.25) is 0 Å². The van der Waals surface area contributed by atoms with Crippen molar-refractivity contribution in [3.63, 3.8) is 0 Å². The zero-order valence-electron chi connectivity index (χ0n) is 14.2. The molecule has 130 valence electrons. The van der Waals surface area contributed by atoms with Gasteiger partial charge in [-0.25, -0.2) is 5.01 Å². The van der Waals surface area contributed by atoms with Gasteiger partial charge in [0.1, 0.15) is 0 Å². The maximum absolute atomic E-state index is 12.5. The number of hydrogen-bond acceptors (Lipinski definition) is 6. The molecule has 0 N–H and O–H groups in total. The van der Waals surface area contributed by atoms with E-state index in [4.69, 9.17) is 18.9 Å². The Morgan fingerprint density at radius 3 is 2.60 bits per heavy atom. The lowest BCUT2D eigenvalue weighted by atomic mass is 10.2. The van der Waals surface area contributed by atoms with E-state index in [0.29, 0.717) is 28.6 Å². The molecule has 1 amide bonds. The lowest BCUT2D eigenvalue weighted by Crippen LogP contribution is -2.21. The van der Waals surface area contributed by atoms with E-state index < -0.39 is 0 Å². The van der Waals surface area contributed by atoms with Crippen LogP contribution in [-0.2, 0) is 0 Å². The van der Waals surface area contributed by atoms with Crippen molar-refractivity contribution in [2.24, 2.45) is 5.10 Å². The average Bonchev–Trinajstić information content (AvgIpc) is 3.12. The van der Waals surface area contributed by atoms with Crippen LogP contribution < -0.4 is 18.9 Å². The molecule has 1 aliphatic heterocycles. The number of fused-ring (bicyclic) bond motifs is 1. The van der Waals surface area contributed by atoms with Gasteiger partial charge in [0.25, 0.3) is 5.91 Å². The molecule has 0 saturated heterocycles. The van der Waals surface area contributed by atoms with Gasteiger partial charge >= 0.3 is 0 Å². The van der Waals surface area contributed by atoms with Crippen molar-refractivity contribution in [2.45, 2.75) is 0 Å². The van der Waals surface area contributed by atoms with Crippen LogP contribution in [0.3, 0.4) is 0 Å². The van der Waals surface area contributed by atoms with Crippen molar-refractivity contribution in [1.29, 1.82) is 0 Å². The number of ether oxygens (including phenoxy) is 4. The van der Waals surface area contributed by atoms with Gasteiger partial charge in [-0.05, 0) is 42.0 Å². The number of hydrogen-bond donors (Lipinski definition) is 0. The summed E-state index contributed by atoms with van der Waals surface area (Å²) in [4.78, 5) is 12.5. The molecule has 0 unspecified atom stereocenters.